The lowest BCUT2D eigenvalue weighted by Crippen LogP contribution is -2.59. The average molecular weight is 689 g/mol. The molecule has 10 nitrogen and oxygen atoms in total. The maximum atomic E-state index is 14.1. The van der Waals surface area contributed by atoms with Gasteiger partial charge in [0.1, 0.15) is 23.7 Å². The molecule has 2 heterocycles. The fourth-order valence-electron chi connectivity index (χ4n) is 7.97. The zero-order chi connectivity index (χ0) is 36.7. The first-order valence-electron chi connectivity index (χ1n) is 18.1. The molecule has 2 aliphatic heterocycles. The van der Waals surface area contributed by atoms with Gasteiger partial charge in [-0.2, -0.15) is 0 Å². The highest BCUT2D eigenvalue weighted by Gasteiger charge is 2.50. The van der Waals surface area contributed by atoms with Crippen LogP contribution in [-0.2, 0) is 35.1 Å². The van der Waals surface area contributed by atoms with Crippen LogP contribution in [0, 0.1) is 23.7 Å². The fraction of sp³-hybridized carbons (Fsp3) is 0.744. The lowest BCUT2D eigenvalue weighted by molar-refractivity contribution is -0.295. The predicted molar refractivity (Wildman–Crippen MR) is 191 cm³/mol. The maximum Gasteiger partial charge on any atom is 0.316 e. The molecule has 1 aromatic carbocycles. The molecule has 0 bridgehead atoms. The third-order valence-corrected chi connectivity index (χ3v) is 10.9. The SMILES string of the molecule is CC[C@H]1OC(=O)C(C)C(=O)[C@H](C)[C@@H](O[C@@H]2O[C@H](C)C[C@H](N(C)C)[C@H]2O)[C@](C)(OC)C[C@@H](C)/C=C(/C)[C@@H](CCNCc2ccccc2)[C@]1(C)O. The van der Waals surface area contributed by atoms with Gasteiger partial charge in [-0.15, -0.1) is 0 Å². The van der Waals surface area contributed by atoms with Gasteiger partial charge in [-0.25, -0.2) is 0 Å². The largest absolute Gasteiger partial charge is 0.459 e. The molecular formula is C39H64N2O8. The summed E-state index contributed by atoms with van der Waals surface area (Å²) in [5.41, 5.74) is -0.269. The summed E-state index contributed by atoms with van der Waals surface area (Å²) >= 11 is 0. The standard InChI is InChI=1S/C39H64N2O8/c1-12-32-39(8,45)30(18-19-40-23-29-16-14-13-15-17-29)25(3)20-24(2)22-38(7,46-11)35(27(5)33(42)28(6)36(44)48-32)49-37-34(43)31(41(9)10)21-26(4)47-37/h13-17,20,24,26-28,30-32,34-35,37,40,43,45H,12,18-19,21-23H2,1-11H3/b25-20-/t24-,26+,27-,28?,30+,31-,32+,34+,35+,37-,38+,39-/m0/s1. The Bertz CT molecular complexity index is 1240. The Labute approximate surface area is 294 Å². The van der Waals surface area contributed by atoms with Gasteiger partial charge in [-0.1, -0.05) is 62.8 Å². The Morgan fingerprint density at radius 2 is 1.73 bits per heavy atom. The van der Waals surface area contributed by atoms with Crippen molar-refractivity contribution >= 4 is 11.8 Å². The maximum absolute atomic E-state index is 14.1. The Balaban J connectivity index is 2.02. The molecular weight excluding hydrogens is 624 g/mol. The summed E-state index contributed by atoms with van der Waals surface area (Å²) in [4.78, 5) is 29.7. The summed E-state index contributed by atoms with van der Waals surface area (Å²) in [5, 5.41) is 27.0. The first kappa shape index (κ1) is 41.2. The number of aliphatic hydroxyl groups is 2. The number of carbonyl (C=O) groups excluding carboxylic acids is 2. The number of rotatable bonds is 10. The van der Waals surface area contributed by atoms with Crippen LogP contribution in [0.25, 0.3) is 0 Å². The van der Waals surface area contributed by atoms with Crippen LogP contribution in [0.15, 0.2) is 42.0 Å². The molecule has 1 unspecified atom stereocenters. The zero-order valence-corrected chi connectivity index (χ0v) is 31.8. The Morgan fingerprint density at radius 1 is 1.08 bits per heavy atom. The molecule has 3 N–H and O–H groups in total. The molecule has 0 amide bonds. The number of likely N-dealkylation sites (N-methyl/N-ethyl adjacent to an activating group) is 1. The van der Waals surface area contributed by atoms with Crippen molar-refractivity contribution in [1.29, 1.82) is 0 Å². The zero-order valence-electron chi connectivity index (χ0n) is 31.8. The number of benzene rings is 1. The van der Waals surface area contributed by atoms with Crippen LogP contribution in [0.5, 0.6) is 0 Å². The van der Waals surface area contributed by atoms with E-state index in [2.05, 4.69) is 30.4 Å². The van der Waals surface area contributed by atoms with Crippen LogP contribution in [0.2, 0.25) is 0 Å². The minimum Gasteiger partial charge on any atom is -0.459 e. The number of esters is 1. The molecule has 1 aromatic rings. The summed E-state index contributed by atoms with van der Waals surface area (Å²) < 4.78 is 25.0. The molecule has 3 rings (SSSR count). The molecule has 10 heteroatoms. The highest BCUT2D eigenvalue weighted by atomic mass is 16.7. The van der Waals surface area contributed by atoms with Gasteiger partial charge in [-0.05, 0) is 92.4 Å². The lowest BCUT2D eigenvalue weighted by Gasteiger charge is -2.47. The Hall–Kier alpha value is -2.18. The second-order valence-corrected chi connectivity index (χ2v) is 15.2. The molecule has 2 aliphatic rings. The third-order valence-electron chi connectivity index (χ3n) is 10.9. The molecule has 0 spiro atoms. The number of nitrogens with zero attached hydrogens (tertiary/aromatic N) is 1. The van der Waals surface area contributed by atoms with E-state index in [1.54, 1.807) is 27.9 Å². The number of allylic oxidation sites excluding steroid dienone is 1. The van der Waals surface area contributed by atoms with E-state index in [9.17, 15) is 19.8 Å². The second kappa shape index (κ2) is 17.8. The number of ketones is 1. The van der Waals surface area contributed by atoms with Crippen molar-refractivity contribution in [3.05, 3.63) is 47.5 Å². The highest BCUT2D eigenvalue weighted by molar-refractivity contribution is 6.00. The number of carbonyl (C=O) groups is 2. The number of aliphatic hydroxyl groups excluding tert-OH is 1. The van der Waals surface area contributed by atoms with Crippen molar-refractivity contribution < 1.29 is 38.7 Å². The van der Waals surface area contributed by atoms with Gasteiger partial charge in [-0.3, -0.25) is 9.59 Å². The second-order valence-electron chi connectivity index (χ2n) is 15.2. The van der Waals surface area contributed by atoms with E-state index in [0.717, 1.165) is 5.57 Å². The van der Waals surface area contributed by atoms with E-state index < -0.39 is 53.6 Å². The summed E-state index contributed by atoms with van der Waals surface area (Å²) in [6.07, 6.45) is 0.366. The summed E-state index contributed by atoms with van der Waals surface area (Å²) in [7, 11) is 5.42. The minimum absolute atomic E-state index is 0.0532. The van der Waals surface area contributed by atoms with Gasteiger partial charge in [0.05, 0.1) is 17.8 Å². The number of Topliss-reactive ketones (excluding diaryl/α,β-unsaturated/α-hetero) is 1. The molecule has 12 atom stereocenters. The summed E-state index contributed by atoms with van der Waals surface area (Å²) in [6.45, 7) is 16.2. The van der Waals surface area contributed by atoms with E-state index in [1.165, 1.54) is 5.56 Å². The first-order valence-corrected chi connectivity index (χ1v) is 18.1. The van der Waals surface area contributed by atoms with Crippen LogP contribution >= 0.6 is 0 Å². The molecule has 0 radical (unpaired) electrons. The summed E-state index contributed by atoms with van der Waals surface area (Å²) in [5.74, 6) is -3.40. The fourth-order valence-corrected chi connectivity index (χ4v) is 7.97. The van der Waals surface area contributed by atoms with Crippen molar-refractivity contribution in [1.82, 2.24) is 10.2 Å². The van der Waals surface area contributed by atoms with Crippen LogP contribution in [0.1, 0.15) is 86.6 Å². The molecule has 1 saturated heterocycles. The van der Waals surface area contributed by atoms with Crippen molar-refractivity contribution in [2.75, 3.05) is 27.7 Å². The monoisotopic (exact) mass is 688 g/mol. The molecule has 0 saturated carbocycles. The number of hydrogen-bond donors (Lipinski definition) is 3. The van der Waals surface area contributed by atoms with Gasteiger partial charge < -0.3 is 39.4 Å². The van der Waals surface area contributed by atoms with Gasteiger partial charge in [0.15, 0.2) is 12.1 Å². The molecule has 1 fully saturated rings. The number of cyclic esters (lactones) is 1. The van der Waals surface area contributed by atoms with E-state index in [-0.39, 0.29) is 29.8 Å². The number of methoxy groups -OCH3 is 1. The van der Waals surface area contributed by atoms with Crippen LogP contribution in [0.4, 0.5) is 0 Å². The van der Waals surface area contributed by atoms with Gasteiger partial charge >= 0.3 is 5.97 Å². The van der Waals surface area contributed by atoms with E-state index in [1.807, 2.05) is 64.9 Å². The van der Waals surface area contributed by atoms with Crippen molar-refractivity contribution in [2.24, 2.45) is 23.7 Å². The van der Waals surface area contributed by atoms with Gasteiger partial charge in [0.2, 0.25) is 0 Å². The Kier molecular flexibility index (Phi) is 15.0. The summed E-state index contributed by atoms with van der Waals surface area (Å²) in [6, 6.07) is 9.94. The quantitative estimate of drug-likeness (QED) is 0.135. The van der Waals surface area contributed by atoms with Gasteiger partial charge in [0.25, 0.3) is 0 Å². The average Bonchev–Trinajstić information content (AvgIpc) is 3.05. The van der Waals surface area contributed by atoms with E-state index >= 15 is 0 Å². The minimum atomic E-state index is -1.40. The van der Waals surface area contributed by atoms with Crippen LogP contribution < -0.4 is 5.32 Å². The Morgan fingerprint density at radius 3 is 2.33 bits per heavy atom. The normalized spacial score (nSPS) is 39.6. The van der Waals surface area contributed by atoms with Crippen LogP contribution in [-0.4, -0.2) is 103 Å². The van der Waals surface area contributed by atoms with E-state index in [0.29, 0.717) is 38.8 Å². The topological polar surface area (TPSA) is 127 Å². The number of ether oxygens (including phenoxy) is 4. The molecule has 278 valence electrons. The molecule has 0 aromatic heterocycles. The molecule has 49 heavy (non-hydrogen) atoms. The van der Waals surface area contributed by atoms with Crippen molar-refractivity contribution in [3.63, 3.8) is 0 Å². The highest BCUT2D eigenvalue weighted by Crippen LogP contribution is 2.39. The number of nitrogens with one attached hydrogen (secondary N) is 1. The van der Waals surface area contributed by atoms with Gasteiger partial charge in [0, 0.05) is 31.5 Å². The van der Waals surface area contributed by atoms with Crippen molar-refractivity contribution in [3.8, 4) is 0 Å². The van der Waals surface area contributed by atoms with Crippen molar-refractivity contribution in [2.45, 2.75) is 136 Å². The third kappa shape index (κ3) is 10.2. The predicted octanol–water partition coefficient (Wildman–Crippen LogP) is 4.90. The molecule has 0 aliphatic carbocycles. The number of hydrogen-bond acceptors (Lipinski definition) is 10. The smallest absolute Gasteiger partial charge is 0.316 e. The first-order chi connectivity index (χ1) is 23.0. The lowest BCUT2D eigenvalue weighted by atomic mass is 9.74. The van der Waals surface area contributed by atoms with E-state index in [4.69, 9.17) is 18.9 Å². The van der Waals surface area contributed by atoms with Crippen LogP contribution in [0.3, 0.4) is 0 Å².